The van der Waals surface area contributed by atoms with Crippen LogP contribution in [0.2, 0.25) is 0 Å². The Morgan fingerprint density at radius 3 is 2.68 bits per heavy atom. The molecule has 120 valence electrons. The average Bonchev–Trinajstić information content (AvgIpc) is 2.77. The number of diazo groups is 1. The standard InChI is InChI=1S/C14H23N6O2/c1-10-9-19(12-11(17-15)8-16-18(12)5)6-7-20(10)13(21)22-14(2,3)4/h8,10H,6-7,9H2,1-5H3/q+1. The van der Waals surface area contributed by atoms with Crippen LogP contribution >= 0.6 is 0 Å². The van der Waals surface area contributed by atoms with Crippen molar-refractivity contribution in [1.82, 2.24) is 14.7 Å². The second-order valence-corrected chi connectivity index (χ2v) is 6.55. The zero-order valence-corrected chi connectivity index (χ0v) is 13.8. The predicted octanol–water partition coefficient (Wildman–Crippen LogP) is 2.35. The minimum atomic E-state index is -0.501. The van der Waals surface area contributed by atoms with Crippen LogP contribution in [0.1, 0.15) is 27.7 Å². The van der Waals surface area contributed by atoms with E-state index < -0.39 is 5.60 Å². The van der Waals surface area contributed by atoms with Gasteiger partial charge in [-0.05, 0) is 27.7 Å². The molecule has 2 rings (SSSR count). The number of aromatic nitrogens is 2. The molecule has 8 nitrogen and oxygen atoms in total. The summed E-state index contributed by atoms with van der Waals surface area (Å²) in [5.41, 5.74) is -0.0701. The Bertz CT molecular complexity index is 597. The molecular formula is C14H23N6O2+. The van der Waals surface area contributed by atoms with Gasteiger partial charge in [0.2, 0.25) is 11.2 Å². The highest BCUT2D eigenvalue weighted by Crippen LogP contribution is 2.29. The van der Waals surface area contributed by atoms with E-state index in [1.807, 2.05) is 27.7 Å². The molecule has 1 saturated heterocycles. The molecule has 0 aromatic carbocycles. The highest BCUT2D eigenvalue weighted by molar-refractivity contribution is 5.70. The van der Waals surface area contributed by atoms with Crippen LogP contribution < -0.4 is 4.90 Å². The molecule has 22 heavy (non-hydrogen) atoms. The fourth-order valence-electron chi connectivity index (χ4n) is 2.60. The van der Waals surface area contributed by atoms with Gasteiger partial charge < -0.3 is 14.5 Å². The molecule has 0 N–H and O–H groups in total. The van der Waals surface area contributed by atoms with Crippen molar-refractivity contribution in [3.05, 3.63) is 11.2 Å². The van der Waals surface area contributed by atoms with Gasteiger partial charge in [0.25, 0.3) is 0 Å². The summed E-state index contributed by atoms with van der Waals surface area (Å²) in [5, 5.41) is 13.2. The summed E-state index contributed by atoms with van der Waals surface area (Å²) in [4.78, 5) is 19.3. The molecule has 1 aliphatic heterocycles. The number of amides is 1. The zero-order valence-electron chi connectivity index (χ0n) is 13.8. The third-order valence-corrected chi connectivity index (χ3v) is 3.55. The first-order chi connectivity index (χ1) is 10.2. The van der Waals surface area contributed by atoms with Gasteiger partial charge in [-0.15, -0.1) is 0 Å². The molecule has 8 heteroatoms. The van der Waals surface area contributed by atoms with E-state index in [4.69, 9.17) is 10.1 Å². The maximum Gasteiger partial charge on any atom is 0.446 e. The molecule has 2 heterocycles. The monoisotopic (exact) mass is 307 g/mol. The van der Waals surface area contributed by atoms with E-state index in [2.05, 4.69) is 15.0 Å². The van der Waals surface area contributed by atoms with Crippen LogP contribution in [-0.4, -0.2) is 52.1 Å². The SMILES string of the molecule is CC1CN(c2c([N+]#N)cnn2C)CCN1C(=O)OC(C)(C)C. The average molecular weight is 307 g/mol. The molecule has 1 aliphatic rings. The number of hydrogen-bond donors (Lipinski definition) is 0. The minimum absolute atomic E-state index is 0.00922. The topological polar surface area (TPSA) is 78.8 Å². The lowest BCUT2D eigenvalue weighted by atomic mass is 10.2. The Balaban J connectivity index is 2.09. The van der Waals surface area contributed by atoms with E-state index in [0.717, 1.165) is 5.82 Å². The van der Waals surface area contributed by atoms with Gasteiger partial charge in [-0.25, -0.2) is 9.48 Å². The molecule has 0 spiro atoms. The Hall–Kier alpha value is -2.30. The molecule has 0 aliphatic carbocycles. The normalized spacial score (nSPS) is 19.0. The molecule has 0 bridgehead atoms. The third-order valence-electron chi connectivity index (χ3n) is 3.55. The van der Waals surface area contributed by atoms with Crippen LogP contribution in [0.4, 0.5) is 16.3 Å². The molecule has 1 fully saturated rings. The van der Waals surface area contributed by atoms with Gasteiger partial charge in [-0.3, -0.25) is 0 Å². The smallest absolute Gasteiger partial charge is 0.444 e. The van der Waals surface area contributed by atoms with Gasteiger partial charge >= 0.3 is 11.8 Å². The summed E-state index contributed by atoms with van der Waals surface area (Å²) < 4.78 is 7.11. The number of rotatable bonds is 1. The van der Waals surface area contributed by atoms with E-state index in [0.29, 0.717) is 25.3 Å². The molecule has 1 unspecified atom stereocenters. The molecule has 0 radical (unpaired) electrons. The summed E-state index contributed by atoms with van der Waals surface area (Å²) in [6, 6.07) is -0.00922. The highest BCUT2D eigenvalue weighted by Gasteiger charge is 2.34. The second-order valence-electron chi connectivity index (χ2n) is 6.55. The van der Waals surface area contributed by atoms with Crippen molar-refractivity contribution in [2.45, 2.75) is 39.3 Å². The fraction of sp³-hybridized carbons (Fsp3) is 0.714. The third kappa shape index (κ3) is 3.30. The van der Waals surface area contributed by atoms with Crippen LogP contribution in [-0.2, 0) is 11.8 Å². The van der Waals surface area contributed by atoms with Gasteiger partial charge in [0.15, 0.2) is 4.98 Å². The Morgan fingerprint density at radius 2 is 2.14 bits per heavy atom. The van der Waals surface area contributed by atoms with Crippen LogP contribution in [0.15, 0.2) is 6.20 Å². The van der Waals surface area contributed by atoms with Crippen LogP contribution in [0.5, 0.6) is 0 Å². The number of piperazine rings is 1. The quantitative estimate of drug-likeness (QED) is 0.744. The van der Waals surface area contributed by atoms with E-state index in [1.54, 1.807) is 16.6 Å². The van der Waals surface area contributed by atoms with E-state index >= 15 is 0 Å². The van der Waals surface area contributed by atoms with E-state index in [-0.39, 0.29) is 12.1 Å². The molecule has 1 amide bonds. The zero-order chi connectivity index (χ0) is 16.5. The second kappa shape index (κ2) is 5.83. The molecular weight excluding hydrogens is 284 g/mol. The summed E-state index contributed by atoms with van der Waals surface area (Å²) >= 11 is 0. The molecule has 1 aromatic rings. The van der Waals surface area contributed by atoms with Gasteiger partial charge in [0.1, 0.15) is 11.8 Å². The van der Waals surface area contributed by atoms with Crippen molar-refractivity contribution in [2.24, 2.45) is 7.05 Å². The minimum Gasteiger partial charge on any atom is -0.444 e. The maximum atomic E-state index is 12.2. The highest BCUT2D eigenvalue weighted by atomic mass is 16.6. The van der Waals surface area contributed by atoms with Crippen LogP contribution in [0.25, 0.3) is 4.98 Å². The van der Waals surface area contributed by atoms with E-state index in [9.17, 15) is 4.79 Å². The number of carbonyl (C=O) groups excluding carboxylic acids is 1. The van der Waals surface area contributed by atoms with Crippen molar-refractivity contribution in [3.8, 4) is 0 Å². The van der Waals surface area contributed by atoms with Crippen molar-refractivity contribution in [2.75, 3.05) is 24.5 Å². The first-order valence-electron chi connectivity index (χ1n) is 7.34. The van der Waals surface area contributed by atoms with Crippen LogP contribution in [0, 0.1) is 5.39 Å². The summed E-state index contributed by atoms with van der Waals surface area (Å²) in [7, 11) is 1.80. The van der Waals surface area contributed by atoms with E-state index in [1.165, 1.54) is 6.20 Å². The van der Waals surface area contributed by atoms with Crippen molar-refractivity contribution < 1.29 is 9.53 Å². The number of hydrogen-bond acceptors (Lipinski definition) is 5. The first kappa shape index (κ1) is 16.1. The van der Waals surface area contributed by atoms with Crippen LogP contribution in [0.3, 0.4) is 0 Å². The van der Waals surface area contributed by atoms with Gasteiger partial charge in [0.05, 0.1) is 0 Å². The predicted molar refractivity (Wildman–Crippen MR) is 82.6 cm³/mol. The molecule has 1 aromatic heterocycles. The number of anilines is 1. The number of nitrogens with zero attached hydrogens (tertiary/aromatic N) is 6. The van der Waals surface area contributed by atoms with Gasteiger partial charge in [0, 0.05) is 32.7 Å². The Morgan fingerprint density at radius 1 is 1.45 bits per heavy atom. The van der Waals surface area contributed by atoms with Gasteiger partial charge in [-0.1, -0.05) is 0 Å². The summed E-state index contributed by atoms with van der Waals surface area (Å²) in [5.74, 6) is 0.748. The lowest BCUT2D eigenvalue weighted by Crippen LogP contribution is -2.55. The maximum absolute atomic E-state index is 12.2. The summed E-state index contributed by atoms with van der Waals surface area (Å²) in [6.07, 6.45) is 1.22. The Labute approximate surface area is 130 Å². The fourth-order valence-corrected chi connectivity index (χ4v) is 2.60. The lowest BCUT2D eigenvalue weighted by molar-refractivity contribution is 0.0158. The van der Waals surface area contributed by atoms with Crippen molar-refractivity contribution in [1.29, 1.82) is 5.39 Å². The summed E-state index contributed by atoms with van der Waals surface area (Å²) in [6.45, 7) is 9.35. The lowest BCUT2D eigenvalue weighted by Gasteiger charge is -2.40. The molecule has 0 saturated carbocycles. The first-order valence-corrected chi connectivity index (χ1v) is 7.34. The Kier molecular flexibility index (Phi) is 4.26. The van der Waals surface area contributed by atoms with Gasteiger partial charge in [-0.2, -0.15) is 5.10 Å². The molecule has 1 atom stereocenters. The van der Waals surface area contributed by atoms with Crippen molar-refractivity contribution in [3.63, 3.8) is 0 Å². The number of ether oxygens (including phenoxy) is 1. The number of aryl methyl sites for hydroxylation is 1. The number of carbonyl (C=O) groups is 1. The van der Waals surface area contributed by atoms with Crippen molar-refractivity contribution >= 4 is 17.6 Å². The largest absolute Gasteiger partial charge is 0.446 e.